The molecule has 1 atom stereocenters. The Hall–Kier alpha value is -1.55. The van der Waals surface area contributed by atoms with E-state index in [0.717, 1.165) is 16.9 Å². The van der Waals surface area contributed by atoms with Crippen LogP contribution in [0.1, 0.15) is 18.3 Å². The topological polar surface area (TPSA) is 43.8 Å². The van der Waals surface area contributed by atoms with E-state index in [1.54, 1.807) is 6.20 Å². The molecule has 0 aliphatic heterocycles. The van der Waals surface area contributed by atoms with Crippen LogP contribution >= 0.6 is 0 Å². The van der Waals surface area contributed by atoms with Gasteiger partial charge in [-0.25, -0.2) is 4.98 Å². The number of imidazole rings is 1. The molecule has 1 aromatic carbocycles. The van der Waals surface area contributed by atoms with Crippen LogP contribution in [0.15, 0.2) is 36.7 Å². The first-order valence-corrected chi connectivity index (χ1v) is 5.62. The number of aromatic nitrogens is 2. The van der Waals surface area contributed by atoms with Crippen LogP contribution in [0.5, 0.6) is 0 Å². The Kier molecular flexibility index (Phi) is 3.07. The maximum absolute atomic E-state index is 6.36. The third kappa shape index (κ3) is 2.58. The molecule has 1 heterocycles. The van der Waals surface area contributed by atoms with Gasteiger partial charge in [0, 0.05) is 18.9 Å². The molecule has 2 radical (unpaired) electrons. The van der Waals surface area contributed by atoms with E-state index in [9.17, 15) is 0 Å². The van der Waals surface area contributed by atoms with Crippen LogP contribution in [-0.2, 0) is 12.1 Å². The van der Waals surface area contributed by atoms with E-state index in [-0.39, 0.29) is 0 Å². The lowest BCUT2D eigenvalue weighted by atomic mass is 9.87. The summed E-state index contributed by atoms with van der Waals surface area (Å²) >= 11 is 0. The van der Waals surface area contributed by atoms with Crippen molar-refractivity contribution >= 4 is 13.3 Å². The van der Waals surface area contributed by atoms with Gasteiger partial charge < -0.3 is 10.3 Å². The monoisotopic (exact) mass is 225 g/mol. The third-order valence-corrected chi connectivity index (χ3v) is 2.97. The van der Waals surface area contributed by atoms with Crippen molar-refractivity contribution in [2.75, 3.05) is 0 Å². The van der Waals surface area contributed by atoms with Crippen molar-refractivity contribution in [3.8, 4) is 0 Å². The molecule has 3 nitrogen and oxygen atoms in total. The van der Waals surface area contributed by atoms with Crippen molar-refractivity contribution in [1.82, 2.24) is 9.55 Å². The van der Waals surface area contributed by atoms with Gasteiger partial charge in [0.25, 0.3) is 0 Å². The molecular weight excluding hydrogens is 209 g/mol. The molecule has 1 unspecified atom stereocenters. The van der Waals surface area contributed by atoms with Crippen molar-refractivity contribution in [2.24, 2.45) is 5.73 Å². The normalized spacial score (nSPS) is 14.5. The Balaban J connectivity index is 2.27. The SMILES string of the molecule is [B]c1cccc(C(C)(N)Cn2ccnc2C)c1. The van der Waals surface area contributed by atoms with Crippen LogP contribution in [-0.4, -0.2) is 17.4 Å². The molecule has 1 aromatic heterocycles. The largest absolute Gasteiger partial charge is 0.333 e. The molecule has 0 spiro atoms. The zero-order chi connectivity index (χ0) is 12.5. The first-order chi connectivity index (χ1) is 7.99. The number of rotatable bonds is 3. The van der Waals surface area contributed by atoms with Gasteiger partial charge in [-0.15, -0.1) is 0 Å². The second-order valence-electron chi connectivity index (χ2n) is 4.65. The first kappa shape index (κ1) is 11.9. The minimum atomic E-state index is -0.458. The average Bonchev–Trinajstić information content (AvgIpc) is 2.64. The van der Waals surface area contributed by atoms with E-state index in [1.807, 2.05) is 48.9 Å². The zero-order valence-electron chi connectivity index (χ0n) is 10.2. The summed E-state index contributed by atoms with van der Waals surface area (Å²) in [5, 5.41) is 0. The summed E-state index contributed by atoms with van der Waals surface area (Å²) in [7, 11) is 5.78. The molecule has 0 aliphatic rings. The Labute approximate surface area is 103 Å². The van der Waals surface area contributed by atoms with Gasteiger partial charge in [0.2, 0.25) is 0 Å². The smallest absolute Gasteiger partial charge is 0.113 e. The summed E-state index contributed by atoms with van der Waals surface area (Å²) in [4.78, 5) is 4.19. The lowest BCUT2D eigenvalue weighted by Gasteiger charge is -2.26. The summed E-state index contributed by atoms with van der Waals surface area (Å²) in [6.07, 6.45) is 3.72. The van der Waals surface area contributed by atoms with Crippen molar-refractivity contribution in [3.63, 3.8) is 0 Å². The molecular formula is C13H16BN3. The van der Waals surface area contributed by atoms with Crippen molar-refractivity contribution < 1.29 is 0 Å². The number of hydrogen-bond acceptors (Lipinski definition) is 2. The van der Waals surface area contributed by atoms with E-state index in [4.69, 9.17) is 13.6 Å². The minimum Gasteiger partial charge on any atom is -0.333 e. The molecule has 0 saturated carbocycles. The van der Waals surface area contributed by atoms with Gasteiger partial charge in [0.05, 0.1) is 5.54 Å². The van der Waals surface area contributed by atoms with E-state index < -0.39 is 5.54 Å². The van der Waals surface area contributed by atoms with Crippen molar-refractivity contribution in [2.45, 2.75) is 25.9 Å². The Morgan fingerprint density at radius 1 is 1.47 bits per heavy atom. The quantitative estimate of drug-likeness (QED) is 0.787. The fourth-order valence-electron chi connectivity index (χ4n) is 1.91. The molecule has 0 bridgehead atoms. The van der Waals surface area contributed by atoms with Gasteiger partial charge >= 0.3 is 0 Å². The Bertz CT molecular complexity index is 517. The van der Waals surface area contributed by atoms with Gasteiger partial charge in [-0.1, -0.05) is 29.7 Å². The van der Waals surface area contributed by atoms with Crippen LogP contribution in [0.4, 0.5) is 0 Å². The fraction of sp³-hybridized carbons (Fsp3) is 0.308. The molecule has 0 fully saturated rings. The van der Waals surface area contributed by atoms with E-state index in [1.165, 1.54) is 0 Å². The van der Waals surface area contributed by atoms with E-state index in [2.05, 4.69) is 4.98 Å². The first-order valence-electron chi connectivity index (χ1n) is 5.62. The second kappa shape index (κ2) is 4.38. The summed E-state index contributed by atoms with van der Waals surface area (Å²) in [5.41, 5.74) is 7.68. The number of hydrogen-bond donors (Lipinski definition) is 1. The predicted octanol–water partition coefficient (Wildman–Crippen LogP) is 0.859. The molecule has 17 heavy (non-hydrogen) atoms. The lowest BCUT2D eigenvalue weighted by Crippen LogP contribution is -2.38. The van der Waals surface area contributed by atoms with E-state index in [0.29, 0.717) is 6.54 Å². The molecule has 86 valence electrons. The van der Waals surface area contributed by atoms with Gasteiger partial charge in [0.1, 0.15) is 13.7 Å². The predicted molar refractivity (Wildman–Crippen MR) is 70.3 cm³/mol. The number of nitrogens with two attached hydrogens (primary N) is 1. The molecule has 4 heteroatoms. The molecule has 0 saturated heterocycles. The maximum Gasteiger partial charge on any atom is 0.113 e. The second-order valence-corrected chi connectivity index (χ2v) is 4.65. The van der Waals surface area contributed by atoms with Crippen LogP contribution in [0, 0.1) is 6.92 Å². The maximum atomic E-state index is 6.36. The molecule has 2 N–H and O–H groups in total. The summed E-state index contributed by atoms with van der Waals surface area (Å²) in [5.74, 6) is 0.963. The van der Waals surface area contributed by atoms with Gasteiger partial charge in [-0.05, 0) is 19.4 Å². The van der Waals surface area contributed by atoms with Crippen LogP contribution in [0.25, 0.3) is 0 Å². The van der Waals surface area contributed by atoms with Crippen LogP contribution in [0.3, 0.4) is 0 Å². The summed E-state index contributed by atoms with van der Waals surface area (Å²) < 4.78 is 2.04. The highest BCUT2D eigenvalue weighted by Crippen LogP contribution is 2.19. The standard InChI is InChI=1S/C13H16BN3/c1-10-16-6-7-17(10)9-13(2,15)11-4-3-5-12(14)8-11/h3-8H,9,15H2,1-2H3. The Morgan fingerprint density at radius 3 is 2.82 bits per heavy atom. The number of nitrogens with zero attached hydrogens (tertiary/aromatic N) is 2. The van der Waals surface area contributed by atoms with Gasteiger partial charge in [-0.2, -0.15) is 0 Å². The fourth-order valence-corrected chi connectivity index (χ4v) is 1.91. The highest BCUT2D eigenvalue weighted by Gasteiger charge is 2.22. The van der Waals surface area contributed by atoms with Crippen LogP contribution in [0.2, 0.25) is 0 Å². The van der Waals surface area contributed by atoms with E-state index >= 15 is 0 Å². The highest BCUT2D eigenvalue weighted by molar-refractivity contribution is 6.32. The lowest BCUT2D eigenvalue weighted by molar-refractivity contribution is 0.407. The number of benzene rings is 1. The molecule has 2 rings (SSSR count). The Morgan fingerprint density at radius 2 is 2.24 bits per heavy atom. The van der Waals surface area contributed by atoms with Crippen LogP contribution < -0.4 is 11.2 Å². The highest BCUT2D eigenvalue weighted by atomic mass is 15.1. The van der Waals surface area contributed by atoms with Crippen molar-refractivity contribution in [3.05, 3.63) is 48.0 Å². The molecule has 0 aliphatic carbocycles. The summed E-state index contributed by atoms with van der Waals surface area (Å²) in [6.45, 7) is 4.65. The third-order valence-electron chi connectivity index (χ3n) is 2.97. The number of aryl methyl sites for hydroxylation is 1. The zero-order valence-corrected chi connectivity index (χ0v) is 10.2. The van der Waals surface area contributed by atoms with Gasteiger partial charge in [0.15, 0.2) is 0 Å². The molecule has 2 aromatic rings. The van der Waals surface area contributed by atoms with Crippen molar-refractivity contribution in [1.29, 1.82) is 0 Å². The molecule has 0 amide bonds. The minimum absolute atomic E-state index is 0.458. The average molecular weight is 225 g/mol. The van der Waals surface area contributed by atoms with Gasteiger partial charge in [-0.3, -0.25) is 0 Å². The summed E-state index contributed by atoms with van der Waals surface area (Å²) in [6, 6.07) is 7.72.